The largest absolute Gasteiger partial charge is 0.392 e. The normalized spacial score (nSPS) is 12.9. The van der Waals surface area contributed by atoms with Crippen LogP contribution in [0.2, 0.25) is 0 Å². The highest BCUT2D eigenvalue weighted by Gasteiger charge is 2.05. The summed E-state index contributed by atoms with van der Waals surface area (Å²) in [5.41, 5.74) is 3.70. The van der Waals surface area contributed by atoms with Gasteiger partial charge in [-0.1, -0.05) is 32.0 Å². The summed E-state index contributed by atoms with van der Waals surface area (Å²) in [4.78, 5) is 0. The first kappa shape index (κ1) is 10.3. The van der Waals surface area contributed by atoms with Crippen molar-refractivity contribution in [3.63, 3.8) is 0 Å². The van der Waals surface area contributed by atoms with Gasteiger partial charge in [0.25, 0.3) is 0 Å². The number of benzene rings is 1. The molecule has 1 nitrogen and oxygen atoms in total. The smallest absolute Gasteiger partial charge is 0.0681 e. The van der Waals surface area contributed by atoms with E-state index in [2.05, 4.69) is 32.9 Å². The van der Waals surface area contributed by atoms with E-state index in [1.807, 2.05) is 6.07 Å². The van der Waals surface area contributed by atoms with Crippen LogP contribution in [0.25, 0.3) is 0 Å². The minimum absolute atomic E-state index is 0.141. The minimum atomic E-state index is 0.141. The molecule has 0 saturated carbocycles. The molecule has 0 bridgehead atoms. The summed E-state index contributed by atoms with van der Waals surface area (Å²) < 4.78 is 0. The number of aliphatic hydroxyl groups excluding tert-OH is 1. The van der Waals surface area contributed by atoms with Crippen molar-refractivity contribution in [1.29, 1.82) is 0 Å². The SMILES string of the molecule is CCC(C)c1ccc(CO)cc1C. The van der Waals surface area contributed by atoms with Crippen LogP contribution in [0.3, 0.4) is 0 Å². The standard InChI is InChI=1S/C12H18O/c1-4-9(2)12-6-5-11(8-13)7-10(12)3/h5-7,9,13H,4,8H2,1-3H3. The van der Waals surface area contributed by atoms with Crippen molar-refractivity contribution in [1.82, 2.24) is 0 Å². The van der Waals surface area contributed by atoms with Crippen LogP contribution in [-0.4, -0.2) is 5.11 Å². The van der Waals surface area contributed by atoms with Gasteiger partial charge < -0.3 is 5.11 Å². The van der Waals surface area contributed by atoms with Gasteiger partial charge in [-0.3, -0.25) is 0 Å². The molecular formula is C12H18O. The summed E-state index contributed by atoms with van der Waals surface area (Å²) in [6.07, 6.45) is 1.17. The molecule has 0 spiro atoms. The third kappa shape index (κ3) is 2.31. The first-order valence-corrected chi connectivity index (χ1v) is 4.89. The molecule has 0 fully saturated rings. The van der Waals surface area contributed by atoms with E-state index < -0.39 is 0 Å². The Morgan fingerprint density at radius 1 is 1.38 bits per heavy atom. The van der Waals surface area contributed by atoms with Crippen LogP contribution in [0.4, 0.5) is 0 Å². The van der Waals surface area contributed by atoms with Crippen molar-refractivity contribution < 1.29 is 5.11 Å². The first-order chi connectivity index (χ1) is 6.19. The van der Waals surface area contributed by atoms with Crippen molar-refractivity contribution >= 4 is 0 Å². The molecule has 1 N–H and O–H groups in total. The zero-order valence-electron chi connectivity index (χ0n) is 8.67. The van der Waals surface area contributed by atoms with Crippen LogP contribution in [0, 0.1) is 6.92 Å². The Kier molecular flexibility index (Phi) is 3.49. The van der Waals surface area contributed by atoms with E-state index in [9.17, 15) is 0 Å². The van der Waals surface area contributed by atoms with Gasteiger partial charge in [0.1, 0.15) is 0 Å². The van der Waals surface area contributed by atoms with E-state index in [-0.39, 0.29) is 6.61 Å². The lowest BCUT2D eigenvalue weighted by Gasteiger charge is -2.13. The minimum Gasteiger partial charge on any atom is -0.392 e. The van der Waals surface area contributed by atoms with Crippen LogP contribution >= 0.6 is 0 Å². The highest BCUT2D eigenvalue weighted by molar-refractivity contribution is 5.32. The molecule has 72 valence electrons. The van der Waals surface area contributed by atoms with Gasteiger partial charge in [-0.2, -0.15) is 0 Å². The quantitative estimate of drug-likeness (QED) is 0.754. The molecule has 0 aliphatic rings. The molecule has 0 heterocycles. The zero-order valence-corrected chi connectivity index (χ0v) is 8.67. The Balaban J connectivity index is 2.98. The van der Waals surface area contributed by atoms with Gasteiger partial charge in [0.15, 0.2) is 0 Å². The Labute approximate surface area is 80.4 Å². The van der Waals surface area contributed by atoms with Crippen molar-refractivity contribution in [3.05, 3.63) is 34.9 Å². The molecule has 0 aliphatic heterocycles. The van der Waals surface area contributed by atoms with E-state index >= 15 is 0 Å². The van der Waals surface area contributed by atoms with E-state index in [1.165, 1.54) is 17.5 Å². The van der Waals surface area contributed by atoms with Crippen LogP contribution in [-0.2, 0) is 6.61 Å². The fraction of sp³-hybridized carbons (Fsp3) is 0.500. The lowest BCUT2D eigenvalue weighted by molar-refractivity contribution is 0.281. The monoisotopic (exact) mass is 178 g/mol. The Bertz CT molecular complexity index is 278. The lowest BCUT2D eigenvalue weighted by Crippen LogP contribution is -1.96. The van der Waals surface area contributed by atoms with Crippen LogP contribution in [0.5, 0.6) is 0 Å². The number of hydrogen-bond acceptors (Lipinski definition) is 1. The lowest BCUT2D eigenvalue weighted by atomic mass is 9.93. The number of rotatable bonds is 3. The number of aryl methyl sites for hydroxylation is 1. The molecule has 0 saturated heterocycles. The fourth-order valence-electron chi connectivity index (χ4n) is 1.61. The summed E-state index contributed by atoms with van der Waals surface area (Å²) in [5.74, 6) is 0.618. The molecule has 13 heavy (non-hydrogen) atoms. The predicted molar refractivity (Wildman–Crippen MR) is 55.8 cm³/mol. The average molecular weight is 178 g/mol. The maximum atomic E-state index is 8.95. The Hall–Kier alpha value is -0.820. The van der Waals surface area contributed by atoms with Gasteiger partial charge in [0.2, 0.25) is 0 Å². The van der Waals surface area contributed by atoms with Gasteiger partial charge in [-0.15, -0.1) is 0 Å². The third-order valence-electron chi connectivity index (χ3n) is 2.66. The summed E-state index contributed by atoms with van der Waals surface area (Å²) in [5, 5.41) is 8.95. The molecule has 1 heteroatoms. The van der Waals surface area contributed by atoms with Gasteiger partial charge in [0.05, 0.1) is 6.61 Å². The van der Waals surface area contributed by atoms with Crippen molar-refractivity contribution in [2.45, 2.75) is 39.7 Å². The van der Waals surface area contributed by atoms with Crippen LogP contribution < -0.4 is 0 Å². The molecule has 1 aromatic rings. The summed E-state index contributed by atoms with van der Waals surface area (Å²) in [6, 6.07) is 6.21. The van der Waals surface area contributed by atoms with Gasteiger partial charge in [-0.05, 0) is 36.0 Å². The zero-order chi connectivity index (χ0) is 9.84. The third-order valence-corrected chi connectivity index (χ3v) is 2.66. The Morgan fingerprint density at radius 2 is 2.08 bits per heavy atom. The van der Waals surface area contributed by atoms with Crippen molar-refractivity contribution in [2.24, 2.45) is 0 Å². The van der Waals surface area contributed by atoms with E-state index in [1.54, 1.807) is 0 Å². The summed E-state index contributed by atoms with van der Waals surface area (Å²) in [7, 11) is 0. The molecule has 1 unspecified atom stereocenters. The second kappa shape index (κ2) is 4.43. The molecule has 1 atom stereocenters. The topological polar surface area (TPSA) is 20.2 Å². The highest BCUT2D eigenvalue weighted by atomic mass is 16.3. The van der Waals surface area contributed by atoms with Crippen molar-refractivity contribution in [2.75, 3.05) is 0 Å². The number of aliphatic hydroxyl groups is 1. The maximum Gasteiger partial charge on any atom is 0.0681 e. The van der Waals surface area contributed by atoms with E-state index in [4.69, 9.17) is 5.11 Å². The fourth-order valence-corrected chi connectivity index (χ4v) is 1.61. The molecular weight excluding hydrogens is 160 g/mol. The van der Waals surface area contributed by atoms with Gasteiger partial charge in [0, 0.05) is 0 Å². The second-order valence-electron chi connectivity index (χ2n) is 3.66. The molecule has 1 rings (SSSR count). The predicted octanol–water partition coefficient (Wildman–Crippen LogP) is 3.00. The molecule has 0 aliphatic carbocycles. The highest BCUT2D eigenvalue weighted by Crippen LogP contribution is 2.22. The van der Waals surface area contributed by atoms with E-state index in [0.29, 0.717) is 5.92 Å². The molecule has 0 radical (unpaired) electrons. The maximum absolute atomic E-state index is 8.95. The van der Waals surface area contributed by atoms with E-state index in [0.717, 1.165) is 5.56 Å². The molecule has 0 amide bonds. The summed E-state index contributed by atoms with van der Waals surface area (Å²) >= 11 is 0. The average Bonchev–Trinajstić information content (AvgIpc) is 2.16. The summed E-state index contributed by atoms with van der Waals surface area (Å²) in [6.45, 7) is 6.69. The molecule has 0 aromatic heterocycles. The van der Waals surface area contributed by atoms with Gasteiger partial charge >= 0.3 is 0 Å². The number of hydrogen-bond donors (Lipinski definition) is 1. The first-order valence-electron chi connectivity index (χ1n) is 4.89. The molecule has 1 aromatic carbocycles. The van der Waals surface area contributed by atoms with Gasteiger partial charge in [-0.25, -0.2) is 0 Å². The van der Waals surface area contributed by atoms with Crippen LogP contribution in [0.1, 0.15) is 42.9 Å². The second-order valence-corrected chi connectivity index (χ2v) is 3.66. The van der Waals surface area contributed by atoms with Crippen LogP contribution in [0.15, 0.2) is 18.2 Å². The van der Waals surface area contributed by atoms with Crippen molar-refractivity contribution in [3.8, 4) is 0 Å². The Morgan fingerprint density at radius 3 is 2.54 bits per heavy atom.